The molecule has 0 aliphatic heterocycles. The average molecular weight is 288 g/mol. The van der Waals surface area contributed by atoms with Gasteiger partial charge in [0.1, 0.15) is 0 Å². The molecule has 1 saturated carbocycles. The van der Waals surface area contributed by atoms with Crippen molar-refractivity contribution < 1.29 is 9.45 Å². The summed E-state index contributed by atoms with van der Waals surface area (Å²) in [6.07, 6.45) is 3.20. The van der Waals surface area contributed by atoms with Gasteiger partial charge in [0.05, 0.1) is 4.92 Å². The smallest absolute Gasteiger partial charge is 0.269 e. The van der Waals surface area contributed by atoms with E-state index < -0.39 is 4.92 Å². The van der Waals surface area contributed by atoms with Crippen LogP contribution in [0, 0.1) is 16.0 Å². The van der Waals surface area contributed by atoms with Crippen LogP contribution in [0.2, 0.25) is 0 Å². The second-order valence-corrected chi connectivity index (χ2v) is 5.25. The zero-order valence-corrected chi connectivity index (χ0v) is 11.7. The summed E-state index contributed by atoms with van der Waals surface area (Å²) in [5, 5.41) is 17.8. The van der Waals surface area contributed by atoms with Crippen molar-refractivity contribution in [3.63, 3.8) is 0 Å². The van der Waals surface area contributed by atoms with Crippen molar-refractivity contribution in [2.24, 2.45) is 5.92 Å². The number of hydrogen-bond donors (Lipinski definition) is 1. The predicted molar refractivity (Wildman–Crippen MR) is 75.7 cm³/mol. The van der Waals surface area contributed by atoms with Crippen molar-refractivity contribution in [1.82, 2.24) is 15.5 Å². The number of non-ortho nitro benzene ring substituents is 1. The van der Waals surface area contributed by atoms with Gasteiger partial charge in [0.2, 0.25) is 11.7 Å². The molecule has 1 aliphatic carbocycles. The lowest BCUT2D eigenvalue weighted by Crippen LogP contribution is -2.29. The molecule has 110 valence electrons. The minimum atomic E-state index is -0.432. The second kappa shape index (κ2) is 5.61. The molecular formula is C14H16N4O3. The van der Waals surface area contributed by atoms with Crippen LogP contribution in [0.5, 0.6) is 0 Å². The molecule has 7 heteroatoms. The highest BCUT2D eigenvalue weighted by atomic mass is 16.6. The van der Waals surface area contributed by atoms with E-state index in [1.807, 2.05) is 7.05 Å². The third kappa shape index (κ3) is 3.08. The molecule has 1 unspecified atom stereocenters. The lowest BCUT2D eigenvalue weighted by Gasteiger charge is -2.11. The van der Waals surface area contributed by atoms with Gasteiger partial charge in [-0.1, -0.05) is 5.16 Å². The zero-order chi connectivity index (χ0) is 14.8. The molecule has 1 aromatic heterocycles. The number of aromatic nitrogens is 2. The molecule has 0 saturated heterocycles. The van der Waals surface area contributed by atoms with Gasteiger partial charge in [-0.25, -0.2) is 0 Å². The summed E-state index contributed by atoms with van der Waals surface area (Å²) in [6, 6.07) is 6.50. The first-order valence-electron chi connectivity index (χ1n) is 6.92. The molecule has 1 N–H and O–H groups in total. The Bertz CT molecular complexity index is 634. The number of nitro groups is 1. The lowest BCUT2D eigenvalue weighted by atomic mass is 10.1. The van der Waals surface area contributed by atoms with E-state index in [4.69, 9.17) is 4.52 Å². The lowest BCUT2D eigenvalue weighted by molar-refractivity contribution is -0.384. The fraction of sp³-hybridized carbons (Fsp3) is 0.429. The predicted octanol–water partition coefficient (Wildman–Crippen LogP) is 2.19. The number of nitrogens with one attached hydrogen (secondary N) is 1. The Kier molecular flexibility index (Phi) is 3.66. The van der Waals surface area contributed by atoms with Crippen molar-refractivity contribution in [1.29, 1.82) is 0 Å². The highest BCUT2D eigenvalue weighted by Gasteiger charge is 2.31. The van der Waals surface area contributed by atoms with E-state index in [1.54, 1.807) is 12.1 Å². The number of nitrogens with zero attached hydrogens (tertiary/aromatic N) is 3. The SMILES string of the molecule is CNC(Cc1nc(-c2ccc([N+](=O)[O-])cc2)no1)C1CC1. The molecule has 2 aromatic rings. The van der Waals surface area contributed by atoms with Crippen molar-refractivity contribution in [3.8, 4) is 11.4 Å². The Morgan fingerprint density at radius 3 is 2.71 bits per heavy atom. The third-order valence-corrected chi connectivity index (χ3v) is 3.76. The van der Waals surface area contributed by atoms with E-state index in [0.717, 1.165) is 0 Å². The standard InChI is InChI=1S/C14H16N4O3/c1-15-12(9-2-3-9)8-13-16-14(17-21-13)10-4-6-11(7-5-10)18(19)20/h4-7,9,12,15H,2-3,8H2,1H3. The summed E-state index contributed by atoms with van der Waals surface area (Å²) < 4.78 is 5.27. The number of benzene rings is 1. The molecule has 0 radical (unpaired) electrons. The van der Waals surface area contributed by atoms with Gasteiger partial charge in [0, 0.05) is 30.2 Å². The minimum absolute atomic E-state index is 0.0476. The Balaban J connectivity index is 1.73. The quantitative estimate of drug-likeness (QED) is 0.646. The number of rotatable bonds is 6. The Morgan fingerprint density at radius 2 is 2.14 bits per heavy atom. The van der Waals surface area contributed by atoms with Gasteiger partial charge in [-0.15, -0.1) is 0 Å². The van der Waals surface area contributed by atoms with Crippen LogP contribution < -0.4 is 5.32 Å². The monoisotopic (exact) mass is 288 g/mol. The summed E-state index contributed by atoms with van der Waals surface area (Å²) in [4.78, 5) is 14.6. The van der Waals surface area contributed by atoms with Crippen LogP contribution in [-0.4, -0.2) is 28.2 Å². The molecule has 21 heavy (non-hydrogen) atoms. The third-order valence-electron chi connectivity index (χ3n) is 3.76. The highest BCUT2D eigenvalue weighted by Crippen LogP contribution is 2.33. The summed E-state index contributed by atoms with van der Waals surface area (Å²) in [5.74, 6) is 1.75. The molecule has 1 fully saturated rings. The first kappa shape index (κ1) is 13.7. The number of likely N-dealkylation sites (N-methyl/N-ethyl adjacent to an activating group) is 1. The first-order chi connectivity index (χ1) is 10.2. The highest BCUT2D eigenvalue weighted by molar-refractivity contribution is 5.56. The van der Waals surface area contributed by atoms with Gasteiger partial charge in [0.25, 0.3) is 5.69 Å². The van der Waals surface area contributed by atoms with Gasteiger partial charge in [-0.05, 0) is 37.9 Å². The Morgan fingerprint density at radius 1 is 1.43 bits per heavy atom. The molecule has 7 nitrogen and oxygen atoms in total. The van der Waals surface area contributed by atoms with Crippen LogP contribution in [0.4, 0.5) is 5.69 Å². The summed E-state index contributed by atoms with van der Waals surface area (Å²) in [6.45, 7) is 0. The maximum Gasteiger partial charge on any atom is 0.269 e. The summed E-state index contributed by atoms with van der Waals surface area (Å²) in [7, 11) is 1.94. The molecule has 3 rings (SSSR count). The van der Waals surface area contributed by atoms with Gasteiger partial charge < -0.3 is 9.84 Å². The molecule has 1 atom stereocenters. The van der Waals surface area contributed by atoms with E-state index in [1.165, 1.54) is 25.0 Å². The topological polar surface area (TPSA) is 94.1 Å². The van der Waals surface area contributed by atoms with Crippen LogP contribution in [0.25, 0.3) is 11.4 Å². The molecular weight excluding hydrogens is 272 g/mol. The van der Waals surface area contributed by atoms with E-state index >= 15 is 0 Å². The minimum Gasteiger partial charge on any atom is -0.339 e. The molecule has 0 bridgehead atoms. The molecule has 1 aliphatic rings. The molecule has 1 heterocycles. The number of nitro benzene ring substituents is 1. The van der Waals surface area contributed by atoms with Crippen molar-refractivity contribution in [2.45, 2.75) is 25.3 Å². The molecule has 0 spiro atoms. The van der Waals surface area contributed by atoms with Crippen LogP contribution in [0.1, 0.15) is 18.7 Å². The van der Waals surface area contributed by atoms with E-state index in [0.29, 0.717) is 35.7 Å². The fourth-order valence-corrected chi connectivity index (χ4v) is 2.38. The van der Waals surface area contributed by atoms with Crippen LogP contribution in [-0.2, 0) is 6.42 Å². The first-order valence-corrected chi connectivity index (χ1v) is 6.92. The number of hydrogen-bond acceptors (Lipinski definition) is 6. The van der Waals surface area contributed by atoms with Crippen LogP contribution in [0.15, 0.2) is 28.8 Å². The Labute approximate surface area is 121 Å². The van der Waals surface area contributed by atoms with Gasteiger partial charge in [-0.2, -0.15) is 4.98 Å². The summed E-state index contributed by atoms with van der Waals surface area (Å²) >= 11 is 0. The van der Waals surface area contributed by atoms with Gasteiger partial charge in [0.15, 0.2) is 0 Å². The zero-order valence-electron chi connectivity index (χ0n) is 11.7. The second-order valence-electron chi connectivity index (χ2n) is 5.25. The molecule has 0 amide bonds. The maximum atomic E-state index is 10.6. The van der Waals surface area contributed by atoms with Gasteiger partial charge in [-0.3, -0.25) is 10.1 Å². The van der Waals surface area contributed by atoms with E-state index in [2.05, 4.69) is 15.5 Å². The Hall–Kier alpha value is -2.28. The molecule has 1 aromatic carbocycles. The van der Waals surface area contributed by atoms with Crippen LogP contribution >= 0.6 is 0 Å². The van der Waals surface area contributed by atoms with Crippen LogP contribution in [0.3, 0.4) is 0 Å². The van der Waals surface area contributed by atoms with E-state index in [9.17, 15) is 10.1 Å². The average Bonchev–Trinajstić information content (AvgIpc) is 3.23. The fourth-order valence-electron chi connectivity index (χ4n) is 2.38. The van der Waals surface area contributed by atoms with Crippen molar-refractivity contribution in [2.75, 3.05) is 7.05 Å². The van der Waals surface area contributed by atoms with Crippen molar-refractivity contribution >= 4 is 5.69 Å². The van der Waals surface area contributed by atoms with Crippen molar-refractivity contribution in [3.05, 3.63) is 40.3 Å². The maximum absolute atomic E-state index is 10.6. The van der Waals surface area contributed by atoms with E-state index in [-0.39, 0.29) is 5.69 Å². The largest absolute Gasteiger partial charge is 0.339 e. The summed E-state index contributed by atoms with van der Waals surface area (Å²) in [5.41, 5.74) is 0.759. The normalized spacial score (nSPS) is 15.9. The van der Waals surface area contributed by atoms with Gasteiger partial charge >= 0.3 is 0 Å².